The van der Waals surface area contributed by atoms with Gasteiger partial charge in [0.05, 0.1) is 15.6 Å². The maximum absolute atomic E-state index is 11.9. The van der Waals surface area contributed by atoms with Crippen LogP contribution in [-0.4, -0.2) is 24.6 Å². The molecule has 0 bridgehead atoms. The van der Waals surface area contributed by atoms with Crippen molar-refractivity contribution < 1.29 is 19.1 Å². The van der Waals surface area contributed by atoms with Crippen LogP contribution in [0.2, 0.25) is 10.0 Å². The molecular weight excluding hydrogens is 359 g/mol. The number of cyclic esters (lactones) is 1. The fourth-order valence-electron chi connectivity index (χ4n) is 2.07. The first kappa shape index (κ1) is 16.1. The highest BCUT2D eigenvalue weighted by Crippen LogP contribution is 2.30. The summed E-state index contributed by atoms with van der Waals surface area (Å²) >= 11 is 13.1. The summed E-state index contributed by atoms with van der Waals surface area (Å²) in [7, 11) is 0. The van der Waals surface area contributed by atoms with Crippen molar-refractivity contribution in [3.05, 3.63) is 62.3 Å². The highest BCUT2D eigenvalue weighted by atomic mass is 35.5. The van der Waals surface area contributed by atoms with E-state index in [4.69, 9.17) is 32.7 Å². The molecule has 0 N–H and O–H groups in total. The van der Waals surface area contributed by atoms with Gasteiger partial charge in [0.25, 0.3) is 0 Å². The fourth-order valence-corrected chi connectivity index (χ4v) is 2.99. The zero-order chi connectivity index (χ0) is 16.4. The van der Waals surface area contributed by atoms with Crippen molar-refractivity contribution >= 4 is 52.1 Å². The summed E-state index contributed by atoms with van der Waals surface area (Å²) in [6.45, 7) is -0.0344. The Kier molecular flexibility index (Phi) is 4.71. The third-order valence-corrected chi connectivity index (χ3v) is 4.75. The molecule has 23 heavy (non-hydrogen) atoms. The molecule has 0 saturated carbocycles. The first-order valence-corrected chi connectivity index (χ1v) is 8.27. The second kappa shape index (κ2) is 6.74. The third-order valence-electron chi connectivity index (χ3n) is 3.16. The maximum atomic E-state index is 11.9. The largest absolute Gasteiger partial charge is 0.457 e. The molecule has 4 nitrogen and oxygen atoms in total. The average Bonchev–Trinajstić information content (AvgIpc) is 3.17. The number of rotatable bonds is 4. The van der Waals surface area contributed by atoms with Gasteiger partial charge in [0.15, 0.2) is 6.10 Å². The summed E-state index contributed by atoms with van der Waals surface area (Å²) in [5.74, 6) is -0.923. The minimum absolute atomic E-state index is 0.0344. The Labute approximate surface area is 146 Å². The molecule has 0 amide bonds. The van der Waals surface area contributed by atoms with E-state index in [1.54, 1.807) is 41.8 Å². The second-order valence-corrected chi connectivity index (χ2v) is 6.49. The van der Waals surface area contributed by atoms with Crippen molar-refractivity contribution in [1.82, 2.24) is 0 Å². The molecule has 1 unspecified atom stereocenters. The zero-order valence-electron chi connectivity index (χ0n) is 11.6. The molecule has 7 heteroatoms. The number of ether oxygens (including phenoxy) is 2. The molecule has 0 spiro atoms. The van der Waals surface area contributed by atoms with Gasteiger partial charge >= 0.3 is 11.9 Å². The Bertz CT molecular complexity index is 783. The molecule has 0 aliphatic carbocycles. The van der Waals surface area contributed by atoms with E-state index in [2.05, 4.69) is 0 Å². The Balaban J connectivity index is 1.69. The van der Waals surface area contributed by atoms with E-state index in [0.29, 0.717) is 26.1 Å². The number of hydrogen-bond donors (Lipinski definition) is 0. The molecular formula is C16H10Cl2O4S. The number of halogens is 2. The number of carbonyl (C=O) groups is 2. The third kappa shape index (κ3) is 3.58. The Morgan fingerprint density at radius 2 is 2.09 bits per heavy atom. The van der Waals surface area contributed by atoms with Crippen LogP contribution in [0.25, 0.3) is 5.57 Å². The van der Waals surface area contributed by atoms with Gasteiger partial charge < -0.3 is 9.47 Å². The lowest BCUT2D eigenvalue weighted by Gasteiger charge is -2.08. The lowest BCUT2D eigenvalue weighted by molar-refractivity contribution is -0.139. The van der Waals surface area contributed by atoms with Crippen molar-refractivity contribution in [2.24, 2.45) is 0 Å². The zero-order valence-corrected chi connectivity index (χ0v) is 14.0. The highest BCUT2D eigenvalue weighted by Gasteiger charge is 2.28. The predicted molar refractivity (Wildman–Crippen MR) is 88.9 cm³/mol. The maximum Gasteiger partial charge on any atom is 0.348 e. The molecule has 1 aromatic carbocycles. The Morgan fingerprint density at radius 1 is 1.26 bits per heavy atom. The van der Waals surface area contributed by atoms with Crippen molar-refractivity contribution in [1.29, 1.82) is 0 Å². The Hall–Kier alpha value is -1.82. The van der Waals surface area contributed by atoms with Crippen LogP contribution in [0.4, 0.5) is 0 Å². The van der Waals surface area contributed by atoms with Crippen LogP contribution in [0.15, 0.2) is 41.8 Å². The lowest BCUT2D eigenvalue weighted by atomic mass is 10.1. The summed E-state index contributed by atoms with van der Waals surface area (Å²) in [4.78, 5) is 24.2. The van der Waals surface area contributed by atoms with E-state index < -0.39 is 18.0 Å². The quantitative estimate of drug-likeness (QED) is 0.758. The van der Waals surface area contributed by atoms with Crippen LogP contribution in [0, 0.1) is 0 Å². The van der Waals surface area contributed by atoms with Crippen molar-refractivity contribution in [3.8, 4) is 0 Å². The van der Waals surface area contributed by atoms with E-state index in [-0.39, 0.29) is 6.61 Å². The van der Waals surface area contributed by atoms with Gasteiger partial charge in [-0.3, -0.25) is 0 Å². The van der Waals surface area contributed by atoms with Crippen molar-refractivity contribution in [2.75, 3.05) is 6.61 Å². The molecule has 1 atom stereocenters. The van der Waals surface area contributed by atoms with Gasteiger partial charge in [0, 0.05) is 0 Å². The van der Waals surface area contributed by atoms with Gasteiger partial charge in [-0.1, -0.05) is 35.3 Å². The van der Waals surface area contributed by atoms with Crippen LogP contribution in [0.5, 0.6) is 0 Å². The highest BCUT2D eigenvalue weighted by molar-refractivity contribution is 7.11. The molecule has 118 valence electrons. The van der Waals surface area contributed by atoms with Gasteiger partial charge in [-0.25, -0.2) is 9.59 Å². The van der Waals surface area contributed by atoms with Gasteiger partial charge in [0.1, 0.15) is 11.5 Å². The van der Waals surface area contributed by atoms with Crippen LogP contribution >= 0.6 is 34.5 Å². The molecule has 2 aromatic rings. The van der Waals surface area contributed by atoms with Crippen molar-refractivity contribution in [2.45, 2.75) is 6.10 Å². The van der Waals surface area contributed by atoms with Crippen LogP contribution in [-0.2, 0) is 14.3 Å². The lowest BCUT2D eigenvalue weighted by Crippen LogP contribution is -2.18. The monoisotopic (exact) mass is 368 g/mol. The molecule has 1 aromatic heterocycles. The first-order valence-electron chi connectivity index (χ1n) is 6.63. The summed E-state index contributed by atoms with van der Waals surface area (Å²) in [6.07, 6.45) is 1.000. The molecule has 0 fully saturated rings. The number of esters is 2. The molecule has 1 aliphatic rings. The standard InChI is InChI=1S/C16H10Cl2O4S/c17-12-4-3-9(6-13(12)18)11-7-10(22-15(11)19)8-21-16(20)14-2-1-5-23-14/h1-7,10H,8H2. The normalized spacial score (nSPS) is 16.9. The van der Waals surface area contributed by atoms with E-state index in [9.17, 15) is 9.59 Å². The number of thiophene rings is 1. The SMILES string of the molecule is O=C1OC(COC(=O)c2cccs2)C=C1c1ccc(Cl)c(Cl)c1. The van der Waals surface area contributed by atoms with E-state index >= 15 is 0 Å². The minimum atomic E-state index is -0.615. The fraction of sp³-hybridized carbons (Fsp3) is 0.125. The molecule has 1 aliphatic heterocycles. The first-order chi connectivity index (χ1) is 11.0. The summed E-state index contributed by atoms with van der Waals surface area (Å²) in [6, 6.07) is 8.32. The number of carbonyl (C=O) groups excluding carboxylic acids is 2. The van der Waals surface area contributed by atoms with Gasteiger partial charge in [0.2, 0.25) is 0 Å². The number of hydrogen-bond acceptors (Lipinski definition) is 5. The van der Waals surface area contributed by atoms with Gasteiger partial charge in [-0.05, 0) is 35.2 Å². The van der Waals surface area contributed by atoms with Crippen LogP contribution in [0.1, 0.15) is 15.2 Å². The van der Waals surface area contributed by atoms with E-state index in [1.165, 1.54) is 11.3 Å². The summed E-state index contributed by atoms with van der Waals surface area (Å²) in [5.41, 5.74) is 0.984. The molecule has 2 heterocycles. The predicted octanol–water partition coefficient (Wildman–Crippen LogP) is 4.22. The van der Waals surface area contributed by atoms with Crippen LogP contribution < -0.4 is 0 Å². The minimum Gasteiger partial charge on any atom is -0.457 e. The molecule has 0 radical (unpaired) electrons. The van der Waals surface area contributed by atoms with Gasteiger partial charge in [-0.15, -0.1) is 11.3 Å². The topological polar surface area (TPSA) is 52.6 Å². The second-order valence-electron chi connectivity index (χ2n) is 4.73. The van der Waals surface area contributed by atoms with E-state index in [0.717, 1.165) is 0 Å². The number of benzene rings is 1. The smallest absolute Gasteiger partial charge is 0.348 e. The van der Waals surface area contributed by atoms with Gasteiger partial charge in [-0.2, -0.15) is 0 Å². The molecule has 0 saturated heterocycles. The summed E-state index contributed by atoms with van der Waals surface area (Å²) < 4.78 is 10.3. The average molecular weight is 369 g/mol. The van der Waals surface area contributed by atoms with Crippen LogP contribution in [0.3, 0.4) is 0 Å². The molecule has 3 rings (SSSR count). The Morgan fingerprint density at radius 3 is 2.78 bits per heavy atom. The van der Waals surface area contributed by atoms with Crippen molar-refractivity contribution in [3.63, 3.8) is 0 Å². The summed E-state index contributed by atoms with van der Waals surface area (Å²) in [5, 5.41) is 2.54. The van der Waals surface area contributed by atoms with E-state index in [1.807, 2.05) is 0 Å².